The number of amides is 1. The second kappa shape index (κ2) is 10.7. The third kappa shape index (κ3) is 5.08. The van der Waals surface area contributed by atoms with Gasteiger partial charge in [-0.05, 0) is 54.2 Å². The van der Waals surface area contributed by atoms with Gasteiger partial charge in [-0.15, -0.1) is 0 Å². The summed E-state index contributed by atoms with van der Waals surface area (Å²) in [7, 11) is 0. The second-order valence-corrected chi connectivity index (χ2v) is 9.89. The molecule has 1 fully saturated rings. The number of aromatic nitrogens is 4. The van der Waals surface area contributed by atoms with Crippen molar-refractivity contribution in [3.8, 4) is 22.3 Å². The summed E-state index contributed by atoms with van der Waals surface area (Å²) in [5.41, 5.74) is 9.42. The molecule has 0 saturated carbocycles. The van der Waals surface area contributed by atoms with Gasteiger partial charge in [0.15, 0.2) is 0 Å². The Kier molecular flexibility index (Phi) is 6.83. The topological polar surface area (TPSA) is 128 Å². The van der Waals surface area contributed by atoms with E-state index in [2.05, 4.69) is 20.3 Å². The molecule has 0 spiro atoms. The maximum absolute atomic E-state index is 13.6. The van der Waals surface area contributed by atoms with Gasteiger partial charge in [0.25, 0.3) is 5.91 Å². The van der Waals surface area contributed by atoms with Gasteiger partial charge in [-0.2, -0.15) is 0 Å². The lowest BCUT2D eigenvalue weighted by atomic mass is 9.99. The molecule has 0 atom stereocenters. The number of nitrogens with two attached hydrogens (primary N) is 1. The lowest BCUT2D eigenvalue weighted by Gasteiger charge is -2.23. The minimum absolute atomic E-state index is 0.0134. The Morgan fingerprint density at radius 3 is 2.48 bits per heavy atom. The number of hydrogen-bond donors (Lipinski definition) is 3. The molecule has 0 unspecified atom stereocenters. The summed E-state index contributed by atoms with van der Waals surface area (Å²) in [6, 6.07) is 12.9. The number of pyridine rings is 1. The van der Waals surface area contributed by atoms with Crippen molar-refractivity contribution in [3.05, 3.63) is 95.1 Å². The molecule has 4 heterocycles. The van der Waals surface area contributed by atoms with Crippen LogP contribution in [-0.2, 0) is 11.3 Å². The van der Waals surface area contributed by atoms with Crippen molar-refractivity contribution < 1.29 is 13.9 Å². The quantitative estimate of drug-likeness (QED) is 0.284. The van der Waals surface area contributed by atoms with Gasteiger partial charge in [-0.3, -0.25) is 9.59 Å². The van der Waals surface area contributed by atoms with Crippen molar-refractivity contribution >= 4 is 28.4 Å². The number of ether oxygens (including phenoxy) is 1. The first-order chi connectivity index (χ1) is 19.5. The number of H-pyrrole nitrogens is 1. The lowest BCUT2D eigenvalue weighted by molar-refractivity contribution is 0.0612. The SMILES string of the molecule is Nc1ncnc2[nH]cc(-c3ccc(NC(=O)c4cn(CC5CCOCC5)cc(-c5ccc(F)cc5)c4=O)cc3)c12. The van der Waals surface area contributed by atoms with E-state index >= 15 is 0 Å². The number of benzene rings is 2. The molecule has 0 radical (unpaired) electrons. The van der Waals surface area contributed by atoms with Gasteiger partial charge in [0.1, 0.15) is 29.2 Å². The largest absolute Gasteiger partial charge is 0.383 e. The maximum atomic E-state index is 13.6. The van der Waals surface area contributed by atoms with Gasteiger partial charge in [-0.1, -0.05) is 24.3 Å². The minimum atomic E-state index is -0.521. The van der Waals surface area contributed by atoms with E-state index in [4.69, 9.17) is 10.5 Å². The molecule has 1 aliphatic heterocycles. The van der Waals surface area contributed by atoms with Gasteiger partial charge in [-0.25, -0.2) is 14.4 Å². The highest BCUT2D eigenvalue weighted by atomic mass is 19.1. The number of nitrogen functional groups attached to an aromatic ring is 1. The van der Waals surface area contributed by atoms with Crippen molar-refractivity contribution in [2.24, 2.45) is 5.92 Å². The summed E-state index contributed by atoms with van der Waals surface area (Å²) >= 11 is 0. The zero-order valence-electron chi connectivity index (χ0n) is 21.6. The van der Waals surface area contributed by atoms with Crippen LogP contribution in [0.25, 0.3) is 33.3 Å². The molecule has 3 aromatic heterocycles. The van der Waals surface area contributed by atoms with E-state index in [1.54, 1.807) is 36.7 Å². The average Bonchev–Trinajstić information content (AvgIpc) is 3.41. The third-order valence-electron chi connectivity index (χ3n) is 7.24. The molecule has 4 N–H and O–H groups in total. The number of nitrogens with zero attached hydrogens (tertiary/aromatic N) is 3. The van der Waals surface area contributed by atoms with Crippen molar-refractivity contribution in [2.75, 3.05) is 24.3 Å². The van der Waals surface area contributed by atoms with Crippen molar-refractivity contribution in [1.29, 1.82) is 0 Å². The summed E-state index contributed by atoms with van der Waals surface area (Å²) in [5, 5.41) is 3.57. The Labute approximate surface area is 228 Å². The van der Waals surface area contributed by atoms with E-state index in [0.29, 0.717) is 54.0 Å². The average molecular weight is 539 g/mol. The molecule has 5 aromatic rings. The fourth-order valence-electron chi connectivity index (χ4n) is 5.11. The molecule has 0 bridgehead atoms. The lowest BCUT2D eigenvalue weighted by Crippen LogP contribution is -2.26. The summed E-state index contributed by atoms with van der Waals surface area (Å²) in [6.07, 6.45) is 8.36. The molecular weight excluding hydrogens is 511 g/mol. The smallest absolute Gasteiger partial charge is 0.261 e. The molecule has 1 amide bonds. The standard InChI is InChI=1S/C30H27FN6O3/c31-21-5-1-20(2-6-21)24-15-37(14-18-9-11-40-12-10-18)16-25(27(24)38)30(39)36-22-7-3-19(4-8-22)23-13-33-29-26(23)28(32)34-17-35-29/h1-8,13,15-18H,9-12,14H2,(H,36,39)(H3,32,33,34,35). The molecule has 0 aliphatic carbocycles. The summed E-state index contributed by atoms with van der Waals surface area (Å²) in [5.74, 6) is -0.180. The Hall–Kier alpha value is -4.83. The number of carbonyl (C=O) groups is 1. The molecule has 1 aliphatic rings. The van der Waals surface area contributed by atoms with Crippen LogP contribution < -0.4 is 16.5 Å². The number of halogens is 1. The highest BCUT2D eigenvalue weighted by Crippen LogP contribution is 2.31. The van der Waals surface area contributed by atoms with E-state index in [1.165, 1.54) is 18.5 Å². The Balaban J connectivity index is 1.30. The van der Waals surface area contributed by atoms with Crippen LogP contribution in [0, 0.1) is 11.7 Å². The molecule has 2 aromatic carbocycles. The van der Waals surface area contributed by atoms with Gasteiger partial charge in [0.05, 0.1) is 5.39 Å². The number of anilines is 2. The molecule has 10 heteroatoms. The number of rotatable bonds is 6. The molecule has 9 nitrogen and oxygen atoms in total. The summed E-state index contributed by atoms with van der Waals surface area (Å²) in [6.45, 7) is 2.03. The van der Waals surface area contributed by atoms with Crippen molar-refractivity contribution in [2.45, 2.75) is 19.4 Å². The molecule has 202 valence electrons. The highest BCUT2D eigenvalue weighted by Gasteiger charge is 2.20. The van der Waals surface area contributed by atoms with Gasteiger partial charge < -0.3 is 25.3 Å². The van der Waals surface area contributed by atoms with Crippen LogP contribution in [0.4, 0.5) is 15.9 Å². The zero-order valence-corrected chi connectivity index (χ0v) is 21.6. The maximum Gasteiger partial charge on any atom is 0.261 e. The number of hydrogen-bond acceptors (Lipinski definition) is 6. The Bertz CT molecular complexity index is 1740. The predicted molar refractivity (Wildman–Crippen MR) is 151 cm³/mol. The molecule has 1 saturated heterocycles. The van der Waals surface area contributed by atoms with E-state index in [-0.39, 0.29) is 5.56 Å². The third-order valence-corrected chi connectivity index (χ3v) is 7.24. The monoisotopic (exact) mass is 538 g/mol. The Morgan fingerprint density at radius 2 is 1.73 bits per heavy atom. The Morgan fingerprint density at radius 1 is 1.02 bits per heavy atom. The van der Waals surface area contributed by atoms with Crippen LogP contribution in [0.3, 0.4) is 0 Å². The number of carbonyl (C=O) groups excluding carboxylic acids is 1. The second-order valence-electron chi connectivity index (χ2n) is 9.89. The van der Waals surface area contributed by atoms with Crippen LogP contribution in [0.1, 0.15) is 23.2 Å². The van der Waals surface area contributed by atoms with Gasteiger partial charge in [0.2, 0.25) is 5.43 Å². The van der Waals surface area contributed by atoms with Crippen LogP contribution in [0.2, 0.25) is 0 Å². The van der Waals surface area contributed by atoms with Crippen LogP contribution in [0.5, 0.6) is 0 Å². The minimum Gasteiger partial charge on any atom is -0.383 e. The normalized spacial score (nSPS) is 13.9. The highest BCUT2D eigenvalue weighted by molar-refractivity contribution is 6.05. The molecular formula is C30H27FN6O3. The summed E-state index contributed by atoms with van der Waals surface area (Å²) in [4.78, 5) is 38.3. The first-order valence-corrected chi connectivity index (χ1v) is 13.0. The van der Waals surface area contributed by atoms with Gasteiger partial charge >= 0.3 is 0 Å². The van der Waals surface area contributed by atoms with Crippen LogP contribution >= 0.6 is 0 Å². The first kappa shape index (κ1) is 25.4. The summed E-state index contributed by atoms with van der Waals surface area (Å²) < 4.78 is 20.9. The molecule has 40 heavy (non-hydrogen) atoms. The van der Waals surface area contributed by atoms with Gasteiger partial charge in [0, 0.05) is 55.2 Å². The van der Waals surface area contributed by atoms with E-state index in [9.17, 15) is 14.0 Å². The number of aromatic amines is 1. The number of fused-ring (bicyclic) bond motifs is 1. The fourth-order valence-corrected chi connectivity index (χ4v) is 5.11. The first-order valence-electron chi connectivity index (χ1n) is 13.0. The van der Waals surface area contributed by atoms with Crippen LogP contribution in [-0.4, -0.2) is 38.6 Å². The number of nitrogens with one attached hydrogen (secondary N) is 2. The van der Waals surface area contributed by atoms with Crippen molar-refractivity contribution in [3.63, 3.8) is 0 Å². The fraction of sp³-hybridized carbons (Fsp3) is 0.200. The predicted octanol–water partition coefficient (Wildman–Crippen LogP) is 4.85. The van der Waals surface area contributed by atoms with E-state index in [0.717, 1.165) is 29.4 Å². The van der Waals surface area contributed by atoms with E-state index < -0.39 is 17.2 Å². The van der Waals surface area contributed by atoms with Crippen LogP contribution in [0.15, 0.2) is 78.2 Å². The zero-order chi connectivity index (χ0) is 27.6. The van der Waals surface area contributed by atoms with Crippen molar-refractivity contribution in [1.82, 2.24) is 19.5 Å². The molecule has 6 rings (SSSR count). The van der Waals surface area contributed by atoms with E-state index in [1.807, 2.05) is 22.9 Å².